The maximum absolute atomic E-state index is 12.4. The second kappa shape index (κ2) is 31.3. The molecule has 0 spiro atoms. The van der Waals surface area contributed by atoms with E-state index < -0.39 is 124 Å². The van der Waals surface area contributed by atoms with Gasteiger partial charge in [-0.3, -0.25) is 4.79 Å². The van der Waals surface area contributed by atoms with Gasteiger partial charge in [-0.1, -0.05) is 115 Å². The van der Waals surface area contributed by atoms with E-state index in [1.54, 1.807) is 19.1 Å². The van der Waals surface area contributed by atoms with E-state index in [-0.39, 0.29) is 18.9 Å². The fraction of sp³-hybridized carbons (Fsp3) is 0.889. The smallest absolute Gasteiger partial charge is 0.220 e. The van der Waals surface area contributed by atoms with Gasteiger partial charge in [0.25, 0.3) is 0 Å². The quantitative estimate of drug-likeness (QED) is 0.0324. The molecule has 0 saturated carbocycles. The summed E-state index contributed by atoms with van der Waals surface area (Å²) >= 11 is 0. The van der Waals surface area contributed by atoms with Gasteiger partial charge in [-0.15, -0.1) is 0 Å². The summed E-state index contributed by atoms with van der Waals surface area (Å²) in [5.41, 5.74) is 0. The Labute approximate surface area is 378 Å². The van der Waals surface area contributed by atoms with Crippen LogP contribution in [-0.4, -0.2) is 193 Å². The van der Waals surface area contributed by atoms with Gasteiger partial charge in [-0.2, -0.15) is 0 Å². The van der Waals surface area contributed by atoms with Gasteiger partial charge in [-0.05, 0) is 25.7 Å². The van der Waals surface area contributed by atoms with Crippen LogP contribution in [0.1, 0.15) is 123 Å². The molecular weight excluding hydrogens is 842 g/mol. The zero-order valence-corrected chi connectivity index (χ0v) is 37.8. The Morgan fingerprint density at radius 3 is 1.50 bits per heavy atom. The average molecular weight is 924 g/mol. The fourth-order valence-electron chi connectivity index (χ4n) is 7.99. The van der Waals surface area contributed by atoms with Crippen LogP contribution in [-0.2, 0) is 33.2 Å². The molecule has 0 aromatic rings. The van der Waals surface area contributed by atoms with Crippen LogP contribution in [0.15, 0.2) is 24.3 Å². The number of hydrogen-bond acceptors (Lipinski definition) is 18. The van der Waals surface area contributed by atoms with Crippen molar-refractivity contribution in [3.8, 4) is 0 Å². The van der Waals surface area contributed by atoms with Crippen molar-refractivity contribution in [2.45, 2.75) is 227 Å². The number of allylic oxidation sites excluding steroid dienone is 3. The largest absolute Gasteiger partial charge is 0.394 e. The van der Waals surface area contributed by atoms with Crippen LogP contribution in [0.2, 0.25) is 0 Å². The fourth-order valence-corrected chi connectivity index (χ4v) is 7.99. The van der Waals surface area contributed by atoms with Crippen LogP contribution in [0.5, 0.6) is 0 Å². The van der Waals surface area contributed by atoms with Gasteiger partial charge in [0.2, 0.25) is 5.91 Å². The summed E-state index contributed by atoms with van der Waals surface area (Å²) in [6.45, 7) is 1.08. The Morgan fingerprint density at radius 2 is 0.984 bits per heavy atom. The summed E-state index contributed by atoms with van der Waals surface area (Å²) in [5.74, 6) is -0.376. The minimum absolute atomic E-state index is 0.116. The molecule has 3 aliphatic heterocycles. The van der Waals surface area contributed by atoms with E-state index in [2.05, 4.69) is 24.4 Å². The molecule has 0 aromatic heterocycles. The summed E-state index contributed by atoms with van der Waals surface area (Å²) in [6, 6.07) is -0.981. The molecule has 1 amide bonds. The van der Waals surface area contributed by atoms with Gasteiger partial charge >= 0.3 is 0 Å². The molecule has 17 unspecified atom stereocenters. The standard InChI is InChI=1S/C45H81NO18/c1-3-5-6-7-8-9-10-11-12-13-14-15-16-17-18-19-20-21-22-23-29(50)28(46-33(51)4-2)27-59-43-39(57)36(54)41(31(25-48)61-43)64-45-40(58)37(55)42(32(26-49)62-45)63-44-38(56)35(53)34(52)30(24-47)60-44/h18-19,22-23,28-32,34-45,47-50,52-58H,3-17,20-21,24-27H2,1-2H3,(H,46,51)/b19-18+,23-22+. The molecule has 64 heavy (non-hydrogen) atoms. The Morgan fingerprint density at radius 1 is 0.547 bits per heavy atom. The van der Waals surface area contributed by atoms with Crippen LogP contribution in [0.4, 0.5) is 0 Å². The van der Waals surface area contributed by atoms with E-state index in [9.17, 15) is 61.0 Å². The summed E-state index contributed by atoms with van der Waals surface area (Å²) in [5, 5.41) is 118. The van der Waals surface area contributed by atoms with Crippen molar-refractivity contribution >= 4 is 5.91 Å². The highest BCUT2D eigenvalue weighted by atomic mass is 16.8. The van der Waals surface area contributed by atoms with Gasteiger partial charge in [0.15, 0.2) is 18.9 Å². The van der Waals surface area contributed by atoms with Crippen molar-refractivity contribution < 1.29 is 89.4 Å². The van der Waals surface area contributed by atoms with Crippen LogP contribution in [0.25, 0.3) is 0 Å². The van der Waals surface area contributed by atoms with Crippen molar-refractivity contribution in [2.75, 3.05) is 26.4 Å². The minimum Gasteiger partial charge on any atom is -0.394 e. The first-order chi connectivity index (χ1) is 30.8. The molecule has 3 rings (SSSR count). The van der Waals surface area contributed by atoms with Gasteiger partial charge in [0.1, 0.15) is 73.2 Å². The van der Waals surface area contributed by atoms with E-state index in [0.717, 1.165) is 19.3 Å². The number of rotatable bonds is 31. The monoisotopic (exact) mass is 924 g/mol. The van der Waals surface area contributed by atoms with Crippen molar-refractivity contribution in [1.29, 1.82) is 0 Å². The Bertz CT molecular complexity index is 1290. The van der Waals surface area contributed by atoms with E-state index in [1.807, 2.05) is 0 Å². The molecule has 374 valence electrons. The number of unbranched alkanes of at least 4 members (excludes halogenated alkanes) is 14. The minimum atomic E-state index is -1.97. The molecule has 0 aromatic carbocycles. The lowest BCUT2D eigenvalue weighted by Gasteiger charge is -2.48. The van der Waals surface area contributed by atoms with E-state index in [1.165, 1.54) is 77.0 Å². The molecule has 0 bridgehead atoms. The number of carbonyl (C=O) groups is 1. The van der Waals surface area contributed by atoms with Crippen molar-refractivity contribution in [1.82, 2.24) is 5.32 Å². The van der Waals surface area contributed by atoms with Crippen LogP contribution in [0, 0.1) is 0 Å². The number of amides is 1. The molecule has 3 aliphatic rings. The summed E-state index contributed by atoms with van der Waals surface area (Å²) in [4.78, 5) is 12.4. The highest BCUT2D eigenvalue weighted by Gasteiger charge is 2.53. The van der Waals surface area contributed by atoms with Crippen molar-refractivity contribution in [3.63, 3.8) is 0 Å². The summed E-state index contributed by atoms with van der Waals surface area (Å²) in [6.07, 6.45) is 0.511. The lowest BCUT2D eigenvalue weighted by Crippen LogP contribution is -2.66. The second-order valence-corrected chi connectivity index (χ2v) is 17.2. The van der Waals surface area contributed by atoms with Crippen LogP contribution < -0.4 is 5.32 Å². The second-order valence-electron chi connectivity index (χ2n) is 17.2. The number of ether oxygens (including phenoxy) is 6. The Hall–Kier alpha value is -1.73. The molecule has 3 fully saturated rings. The third kappa shape index (κ3) is 18.1. The highest BCUT2D eigenvalue weighted by Crippen LogP contribution is 2.33. The van der Waals surface area contributed by atoms with Crippen LogP contribution in [0.3, 0.4) is 0 Å². The normalized spacial score (nSPS) is 34.7. The topological polar surface area (TPSA) is 307 Å². The molecule has 3 saturated heterocycles. The van der Waals surface area contributed by atoms with Gasteiger partial charge in [-0.25, -0.2) is 0 Å². The number of nitrogens with one attached hydrogen (secondary N) is 1. The first-order valence-corrected chi connectivity index (χ1v) is 23.6. The SMILES string of the molecule is CCCCCCCCCCCCCCC/C=C/CC/C=C/C(O)C(COC1OC(CO)C(OC2OC(CO)C(OC3OC(CO)C(O)C(O)C3O)C(O)C2O)C(O)C1O)NC(=O)CC. The van der Waals surface area contributed by atoms with Crippen LogP contribution >= 0.6 is 0 Å². The molecule has 17 atom stereocenters. The third-order valence-corrected chi connectivity index (χ3v) is 12.1. The highest BCUT2D eigenvalue weighted by molar-refractivity contribution is 5.75. The maximum Gasteiger partial charge on any atom is 0.220 e. The number of carbonyl (C=O) groups excluding carboxylic acids is 1. The molecule has 19 nitrogen and oxygen atoms in total. The lowest BCUT2D eigenvalue weighted by atomic mass is 9.96. The first kappa shape index (κ1) is 56.6. The molecular formula is C45H81NO18. The van der Waals surface area contributed by atoms with E-state index in [4.69, 9.17) is 28.4 Å². The zero-order chi connectivity index (χ0) is 47.0. The number of hydrogen-bond donors (Lipinski definition) is 12. The van der Waals surface area contributed by atoms with Crippen molar-refractivity contribution in [3.05, 3.63) is 24.3 Å². The molecule has 0 radical (unpaired) electrons. The summed E-state index contributed by atoms with van der Waals surface area (Å²) < 4.78 is 33.7. The Kier molecular flexibility index (Phi) is 27.7. The van der Waals surface area contributed by atoms with E-state index in [0.29, 0.717) is 6.42 Å². The maximum atomic E-state index is 12.4. The Balaban J connectivity index is 1.45. The van der Waals surface area contributed by atoms with Gasteiger partial charge in [0.05, 0.1) is 38.6 Å². The van der Waals surface area contributed by atoms with E-state index >= 15 is 0 Å². The summed E-state index contributed by atoms with van der Waals surface area (Å²) in [7, 11) is 0. The third-order valence-electron chi connectivity index (χ3n) is 12.1. The van der Waals surface area contributed by atoms with Gasteiger partial charge < -0.3 is 89.9 Å². The number of aliphatic hydroxyl groups excluding tert-OH is 11. The first-order valence-electron chi connectivity index (χ1n) is 23.6. The average Bonchev–Trinajstić information content (AvgIpc) is 3.29. The molecule has 12 N–H and O–H groups in total. The zero-order valence-electron chi connectivity index (χ0n) is 37.8. The number of aliphatic hydroxyl groups is 11. The predicted molar refractivity (Wildman–Crippen MR) is 231 cm³/mol. The predicted octanol–water partition coefficient (Wildman–Crippen LogP) is 0.0809. The van der Waals surface area contributed by atoms with Crippen molar-refractivity contribution in [2.24, 2.45) is 0 Å². The molecule has 0 aliphatic carbocycles. The molecule has 3 heterocycles. The molecule has 19 heteroatoms. The lowest BCUT2D eigenvalue weighted by molar-refractivity contribution is -0.379. The van der Waals surface area contributed by atoms with Gasteiger partial charge in [0, 0.05) is 6.42 Å².